The molecule has 0 amide bonds. The lowest BCUT2D eigenvalue weighted by Gasteiger charge is -2.13. The molecule has 0 bridgehead atoms. The van der Waals surface area contributed by atoms with E-state index in [1.807, 2.05) is 37.3 Å². The number of ether oxygens (including phenoxy) is 1. The van der Waals surface area contributed by atoms with Crippen molar-refractivity contribution in [2.45, 2.75) is 39.8 Å². The first kappa shape index (κ1) is 19.9. The third kappa shape index (κ3) is 4.62. The van der Waals surface area contributed by atoms with Crippen molar-refractivity contribution < 1.29 is 9.26 Å². The zero-order chi connectivity index (χ0) is 17.8. The monoisotopic (exact) mass is 373 g/mol. The molecule has 1 aromatic heterocycles. The van der Waals surface area contributed by atoms with Crippen molar-refractivity contribution in [2.24, 2.45) is 5.73 Å². The van der Waals surface area contributed by atoms with Gasteiger partial charge >= 0.3 is 0 Å². The van der Waals surface area contributed by atoms with E-state index in [-0.39, 0.29) is 19.0 Å². The van der Waals surface area contributed by atoms with Crippen molar-refractivity contribution in [2.75, 3.05) is 0 Å². The van der Waals surface area contributed by atoms with Gasteiger partial charge in [0, 0.05) is 12.1 Å². The van der Waals surface area contributed by atoms with Crippen molar-refractivity contribution in [1.29, 1.82) is 0 Å². The molecule has 0 saturated heterocycles. The lowest BCUT2D eigenvalue weighted by molar-refractivity contribution is 0.240. The highest BCUT2D eigenvalue weighted by atomic mass is 35.5. The normalized spacial score (nSPS) is 10.7. The van der Waals surface area contributed by atoms with E-state index in [4.69, 9.17) is 15.0 Å². The van der Waals surface area contributed by atoms with Gasteiger partial charge < -0.3 is 15.0 Å². The van der Waals surface area contributed by atoms with Crippen LogP contribution in [-0.2, 0) is 13.2 Å². The largest absolute Gasteiger partial charge is 0.483 e. The van der Waals surface area contributed by atoms with E-state index in [1.54, 1.807) is 0 Å². The van der Waals surface area contributed by atoms with Gasteiger partial charge in [0.25, 0.3) is 5.89 Å². The van der Waals surface area contributed by atoms with Crippen LogP contribution in [0, 0.1) is 6.92 Å². The van der Waals surface area contributed by atoms with Gasteiger partial charge in [0.1, 0.15) is 5.75 Å². The molecule has 1 heterocycles. The summed E-state index contributed by atoms with van der Waals surface area (Å²) in [7, 11) is 0. The molecule has 0 atom stereocenters. The molecular weight excluding hydrogens is 350 g/mol. The number of halogens is 1. The summed E-state index contributed by atoms with van der Waals surface area (Å²) in [5.41, 5.74) is 9.90. The zero-order valence-electron chi connectivity index (χ0n) is 15.2. The summed E-state index contributed by atoms with van der Waals surface area (Å²) in [6.45, 7) is 7.10. The molecule has 0 unspecified atom stereocenters. The molecule has 3 aromatic rings. The summed E-state index contributed by atoms with van der Waals surface area (Å²) in [4.78, 5) is 4.41. The van der Waals surface area contributed by atoms with Crippen molar-refractivity contribution in [1.82, 2.24) is 10.1 Å². The molecule has 138 valence electrons. The second kappa shape index (κ2) is 8.83. The third-order valence-electron chi connectivity index (χ3n) is 4.06. The molecule has 0 aliphatic heterocycles. The maximum Gasteiger partial charge on any atom is 0.264 e. The molecule has 3 rings (SSSR count). The van der Waals surface area contributed by atoms with Gasteiger partial charge in [0.2, 0.25) is 5.82 Å². The minimum atomic E-state index is 0. The molecule has 2 N–H and O–H groups in total. The van der Waals surface area contributed by atoms with Gasteiger partial charge in [-0.15, -0.1) is 12.4 Å². The number of aromatic nitrogens is 2. The Balaban J connectivity index is 0.00000243. The maximum atomic E-state index is 5.94. The van der Waals surface area contributed by atoms with E-state index < -0.39 is 0 Å². The second-order valence-corrected chi connectivity index (χ2v) is 6.40. The van der Waals surface area contributed by atoms with Gasteiger partial charge in [0.05, 0.1) is 0 Å². The molecule has 6 heteroatoms. The Bertz CT molecular complexity index is 845. The fourth-order valence-corrected chi connectivity index (χ4v) is 2.60. The predicted octanol–water partition coefficient (Wildman–Crippen LogP) is 4.63. The summed E-state index contributed by atoms with van der Waals surface area (Å²) < 4.78 is 11.3. The zero-order valence-corrected chi connectivity index (χ0v) is 16.0. The minimum Gasteiger partial charge on any atom is -0.483 e. The highest BCUT2D eigenvalue weighted by Crippen LogP contribution is 2.28. The van der Waals surface area contributed by atoms with Crippen LogP contribution in [0.5, 0.6) is 5.75 Å². The predicted molar refractivity (Wildman–Crippen MR) is 104 cm³/mol. The Morgan fingerprint density at radius 3 is 2.50 bits per heavy atom. The smallest absolute Gasteiger partial charge is 0.264 e. The van der Waals surface area contributed by atoms with Crippen LogP contribution < -0.4 is 10.5 Å². The average Bonchev–Trinajstić information content (AvgIpc) is 3.09. The fourth-order valence-electron chi connectivity index (χ4n) is 2.60. The van der Waals surface area contributed by atoms with Crippen molar-refractivity contribution in [3.05, 3.63) is 65.0 Å². The average molecular weight is 374 g/mol. The van der Waals surface area contributed by atoms with E-state index >= 15 is 0 Å². The molecule has 0 aliphatic carbocycles. The minimum absolute atomic E-state index is 0. The molecule has 0 aliphatic rings. The van der Waals surface area contributed by atoms with Crippen LogP contribution in [0.1, 0.15) is 42.3 Å². The number of nitrogens with zero attached hydrogens (tertiary/aromatic N) is 2. The first-order valence-electron chi connectivity index (χ1n) is 8.42. The summed E-state index contributed by atoms with van der Waals surface area (Å²) in [6.07, 6.45) is 0. The van der Waals surface area contributed by atoms with Crippen LogP contribution in [-0.4, -0.2) is 10.1 Å². The third-order valence-corrected chi connectivity index (χ3v) is 4.06. The van der Waals surface area contributed by atoms with Gasteiger partial charge in [-0.05, 0) is 35.6 Å². The van der Waals surface area contributed by atoms with Gasteiger partial charge in [-0.1, -0.05) is 55.4 Å². The Labute approximate surface area is 160 Å². The molecule has 0 fully saturated rings. The van der Waals surface area contributed by atoms with Crippen LogP contribution in [0.3, 0.4) is 0 Å². The number of hydrogen-bond acceptors (Lipinski definition) is 5. The Morgan fingerprint density at radius 2 is 1.85 bits per heavy atom. The van der Waals surface area contributed by atoms with Gasteiger partial charge in [0.15, 0.2) is 6.61 Å². The number of rotatable bonds is 6. The molecule has 2 aromatic carbocycles. The molecule has 26 heavy (non-hydrogen) atoms. The molecular formula is C20H24ClN3O2. The lowest BCUT2D eigenvalue weighted by Crippen LogP contribution is -2.00. The van der Waals surface area contributed by atoms with Gasteiger partial charge in [-0.2, -0.15) is 4.98 Å². The van der Waals surface area contributed by atoms with E-state index in [2.05, 4.69) is 36.1 Å². The maximum absolute atomic E-state index is 5.94. The second-order valence-electron chi connectivity index (χ2n) is 6.40. The van der Waals surface area contributed by atoms with E-state index in [0.29, 0.717) is 24.2 Å². The highest BCUT2D eigenvalue weighted by Gasteiger charge is 2.12. The van der Waals surface area contributed by atoms with Crippen LogP contribution in [0.15, 0.2) is 47.0 Å². The van der Waals surface area contributed by atoms with Crippen LogP contribution in [0.25, 0.3) is 11.4 Å². The Morgan fingerprint density at radius 1 is 1.12 bits per heavy atom. The van der Waals surface area contributed by atoms with Crippen molar-refractivity contribution in [3.8, 4) is 17.1 Å². The quantitative estimate of drug-likeness (QED) is 0.681. The van der Waals surface area contributed by atoms with Crippen LogP contribution in [0.4, 0.5) is 0 Å². The fraction of sp³-hybridized carbons (Fsp3) is 0.300. The summed E-state index contributed by atoms with van der Waals surface area (Å²) in [5.74, 6) is 2.25. The molecule has 5 nitrogen and oxygen atoms in total. The van der Waals surface area contributed by atoms with Crippen molar-refractivity contribution >= 4 is 12.4 Å². The number of benzene rings is 2. The van der Waals surface area contributed by atoms with Crippen LogP contribution >= 0.6 is 12.4 Å². The Kier molecular flexibility index (Phi) is 6.77. The summed E-state index contributed by atoms with van der Waals surface area (Å²) >= 11 is 0. The molecule has 0 saturated carbocycles. The molecule has 0 spiro atoms. The van der Waals surface area contributed by atoms with E-state index in [0.717, 1.165) is 22.4 Å². The number of nitrogens with two attached hydrogens (primary N) is 1. The van der Waals surface area contributed by atoms with Crippen molar-refractivity contribution in [3.63, 3.8) is 0 Å². The van der Waals surface area contributed by atoms with Gasteiger partial charge in [-0.3, -0.25) is 0 Å². The van der Waals surface area contributed by atoms with Gasteiger partial charge in [-0.25, -0.2) is 0 Å². The topological polar surface area (TPSA) is 74.2 Å². The number of hydrogen-bond donors (Lipinski definition) is 1. The SMILES string of the molecule is Cc1ccc(C(C)C)c(OCc2nc(-c3ccc(CN)cc3)no2)c1.Cl. The standard InChI is InChI=1S/C20H23N3O2.ClH/c1-13(2)17-9-4-14(3)10-18(17)24-12-19-22-20(23-25-19)16-7-5-15(11-21)6-8-16;/h4-10,13H,11-12,21H2,1-3H3;1H. The number of aryl methyl sites for hydroxylation is 1. The van der Waals surface area contributed by atoms with E-state index in [9.17, 15) is 0 Å². The summed E-state index contributed by atoms with van der Waals surface area (Å²) in [6, 6.07) is 14.0. The molecule has 0 radical (unpaired) electrons. The Hall–Kier alpha value is -2.37. The van der Waals surface area contributed by atoms with Crippen LogP contribution in [0.2, 0.25) is 0 Å². The lowest BCUT2D eigenvalue weighted by atomic mass is 10.0. The first-order valence-corrected chi connectivity index (χ1v) is 8.42. The summed E-state index contributed by atoms with van der Waals surface area (Å²) in [5, 5.41) is 4.03. The first-order chi connectivity index (χ1) is 12.1. The van der Waals surface area contributed by atoms with E-state index in [1.165, 1.54) is 5.56 Å². The highest BCUT2D eigenvalue weighted by molar-refractivity contribution is 5.85.